The molecule has 0 aliphatic carbocycles. The maximum Gasteiger partial charge on any atom is 0.145 e. The van der Waals surface area contributed by atoms with Gasteiger partial charge in [0.2, 0.25) is 0 Å². The van der Waals surface area contributed by atoms with Gasteiger partial charge >= 0.3 is 0 Å². The lowest BCUT2D eigenvalue weighted by Crippen LogP contribution is -2.01. The molecule has 0 radical (unpaired) electrons. The highest BCUT2D eigenvalue weighted by Crippen LogP contribution is 2.34. The van der Waals surface area contributed by atoms with Gasteiger partial charge in [0.15, 0.2) is 0 Å². The number of halogens is 1. The van der Waals surface area contributed by atoms with Crippen molar-refractivity contribution >= 4 is 34.0 Å². The zero-order valence-electron chi connectivity index (χ0n) is 19.5. The number of fused-ring (bicyclic) bond motifs is 1. The van der Waals surface area contributed by atoms with Crippen LogP contribution in [0.25, 0.3) is 10.9 Å². The van der Waals surface area contributed by atoms with Gasteiger partial charge in [-0.15, -0.1) is 0 Å². The monoisotopic (exact) mass is 498 g/mol. The van der Waals surface area contributed by atoms with Crippen LogP contribution in [0, 0.1) is 0 Å². The molecule has 2 aromatic heterocycles. The largest absolute Gasteiger partial charge is 0.497 e. The minimum Gasteiger partial charge on any atom is -0.497 e. The van der Waals surface area contributed by atoms with Crippen molar-refractivity contribution in [3.05, 3.63) is 108 Å². The minimum atomic E-state index is 0.332. The molecule has 2 heterocycles. The van der Waals surface area contributed by atoms with Crippen LogP contribution >= 0.6 is 11.6 Å². The van der Waals surface area contributed by atoms with E-state index in [2.05, 4.69) is 20.3 Å². The average Bonchev–Trinajstić information content (AvgIpc) is 2.92. The van der Waals surface area contributed by atoms with E-state index >= 15 is 0 Å². The highest BCUT2D eigenvalue weighted by molar-refractivity contribution is 6.32. The number of aromatic nitrogens is 3. The molecule has 0 aliphatic rings. The number of ether oxygens (including phenoxy) is 3. The van der Waals surface area contributed by atoms with E-state index in [9.17, 15) is 0 Å². The van der Waals surface area contributed by atoms with Gasteiger partial charge in [-0.05, 0) is 60.2 Å². The number of methoxy groups -OCH3 is 1. The van der Waals surface area contributed by atoms with Crippen LogP contribution in [0.2, 0.25) is 5.02 Å². The summed E-state index contributed by atoms with van der Waals surface area (Å²) in [6, 6.07) is 24.7. The van der Waals surface area contributed by atoms with Gasteiger partial charge in [0.1, 0.15) is 42.6 Å². The Morgan fingerprint density at radius 3 is 2.44 bits per heavy atom. The first-order chi connectivity index (χ1) is 17.7. The molecule has 0 fully saturated rings. The van der Waals surface area contributed by atoms with Crippen LogP contribution in [0.4, 0.5) is 11.5 Å². The molecule has 0 saturated heterocycles. The Morgan fingerprint density at radius 1 is 0.806 bits per heavy atom. The fourth-order valence-electron chi connectivity index (χ4n) is 3.64. The van der Waals surface area contributed by atoms with Crippen molar-refractivity contribution in [1.29, 1.82) is 0 Å². The molecule has 5 rings (SSSR count). The molecule has 3 aromatic carbocycles. The lowest BCUT2D eigenvalue weighted by molar-refractivity contribution is 0.301. The second-order valence-corrected chi connectivity index (χ2v) is 8.30. The van der Waals surface area contributed by atoms with E-state index in [4.69, 9.17) is 25.8 Å². The molecular weight excluding hydrogens is 476 g/mol. The maximum atomic E-state index is 6.50. The first-order valence-electron chi connectivity index (χ1n) is 11.3. The smallest absolute Gasteiger partial charge is 0.145 e. The van der Waals surface area contributed by atoms with Gasteiger partial charge in [-0.3, -0.25) is 4.98 Å². The Kier molecular flexibility index (Phi) is 7.10. The molecule has 36 heavy (non-hydrogen) atoms. The molecule has 7 nitrogen and oxygen atoms in total. The van der Waals surface area contributed by atoms with Crippen molar-refractivity contribution in [2.24, 2.45) is 0 Å². The van der Waals surface area contributed by atoms with Crippen LogP contribution in [0.5, 0.6) is 17.2 Å². The first kappa shape index (κ1) is 23.4. The van der Waals surface area contributed by atoms with Gasteiger partial charge in [0.05, 0.1) is 28.7 Å². The third kappa shape index (κ3) is 5.47. The van der Waals surface area contributed by atoms with Gasteiger partial charge in [-0.2, -0.15) is 0 Å². The Bertz CT molecular complexity index is 1460. The lowest BCUT2D eigenvalue weighted by atomic mass is 10.2. The Hall–Kier alpha value is -4.36. The Balaban J connectivity index is 1.34. The molecule has 0 aliphatic heterocycles. The predicted octanol–water partition coefficient (Wildman–Crippen LogP) is 6.59. The number of nitrogens with zero attached hydrogens (tertiary/aromatic N) is 3. The molecule has 0 spiro atoms. The summed E-state index contributed by atoms with van der Waals surface area (Å²) in [6.45, 7) is 0.727. The Labute approximate surface area is 213 Å². The summed E-state index contributed by atoms with van der Waals surface area (Å²) in [7, 11) is 1.64. The average molecular weight is 499 g/mol. The van der Waals surface area contributed by atoms with Crippen molar-refractivity contribution < 1.29 is 14.2 Å². The van der Waals surface area contributed by atoms with Crippen LogP contribution in [-0.2, 0) is 13.2 Å². The summed E-state index contributed by atoms with van der Waals surface area (Å²) in [5, 5.41) is 4.60. The Morgan fingerprint density at radius 2 is 1.67 bits per heavy atom. The second-order valence-electron chi connectivity index (χ2n) is 7.89. The SMILES string of the molecule is COc1ccc(COc2cccc3ncnc(Nc4ccc(OCc5ccccn5)c(Cl)c4)c23)cc1. The van der Waals surface area contributed by atoms with Gasteiger partial charge in [-0.1, -0.05) is 35.9 Å². The fourth-order valence-corrected chi connectivity index (χ4v) is 3.88. The van der Waals surface area contributed by atoms with Gasteiger partial charge in [-0.25, -0.2) is 9.97 Å². The van der Waals surface area contributed by atoms with E-state index in [1.807, 2.05) is 72.8 Å². The van der Waals surface area contributed by atoms with E-state index in [1.165, 1.54) is 6.33 Å². The molecule has 0 unspecified atom stereocenters. The van der Waals surface area contributed by atoms with Crippen molar-refractivity contribution in [1.82, 2.24) is 15.0 Å². The van der Waals surface area contributed by atoms with Gasteiger partial charge in [0.25, 0.3) is 0 Å². The number of hydrogen-bond acceptors (Lipinski definition) is 7. The van der Waals surface area contributed by atoms with E-state index in [-0.39, 0.29) is 0 Å². The van der Waals surface area contributed by atoms with Crippen LogP contribution < -0.4 is 19.5 Å². The fraction of sp³-hybridized carbons (Fsp3) is 0.107. The maximum absolute atomic E-state index is 6.50. The number of anilines is 2. The zero-order chi connectivity index (χ0) is 24.7. The number of hydrogen-bond donors (Lipinski definition) is 1. The van der Waals surface area contributed by atoms with Gasteiger partial charge in [0, 0.05) is 11.9 Å². The predicted molar refractivity (Wildman–Crippen MR) is 140 cm³/mol. The topological polar surface area (TPSA) is 78.4 Å². The van der Waals surface area contributed by atoms with Crippen molar-refractivity contribution in [2.75, 3.05) is 12.4 Å². The quantitative estimate of drug-likeness (QED) is 0.245. The lowest BCUT2D eigenvalue weighted by Gasteiger charge is -2.14. The van der Waals surface area contributed by atoms with Gasteiger partial charge < -0.3 is 19.5 Å². The molecule has 0 saturated carbocycles. The summed E-state index contributed by atoms with van der Waals surface area (Å²) in [6.07, 6.45) is 3.25. The van der Waals surface area contributed by atoms with Crippen molar-refractivity contribution in [3.8, 4) is 17.2 Å². The van der Waals surface area contributed by atoms with E-state index in [0.29, 0.717) is 35.6 Å². The number of nitrogens with one attached hydrogen (secondary N) is 1. The van der Waals surface area contributed by atoms with Crippen LogP contribution in [-0.4, -0.2) is 22.1 Å². The highest BCUT2D eigenvalue weighted by Gasteiger charge is 2.12. The number of rotatable bonds is 9. The van der Waals surface area contributed by atoms with Crippen molar-refractivity contribution in [3.63, 3.8) is 0 Å². The van der Waals surface area contributed by atoms with Crippen molar-refractivity contribution in [2.45, 2.75) is 13.2 Å². The van der Waals surface area contributed by atoms with E-state index < -0.39 is 0 Å². The summed E-state index contributed by atoms with van der Waals surface area (Å²) in [5.41, 5.74) is 3.37. The highest BCUT2D eigenvalue weighted by atomic mass is 35.5. The number of benzene rings is 3. The molecule has 0 amide bonds. The first-order valence-corrected chi connectivity index (χ1v) is 11.7. The summed E-state index contributed by atoms with van der Waals surface area (Å²) < 4.78 is 17.2. The molecule has 5 aromatic rings. The van der Waals surface area contributed by atoms with Crippen LogP contribution in [0.3, 0.4) is 0 Å². The van der Waals surface area contributed by atoms with Crippen LogP contribution in [0.15, 0.2) is 91.4 Å². The number of pyridine rings is 1. The summed E-state index contributed by atoms with van der Waals surface area (Å²) in [5.74, 6) is 2.66. The molecule has 0 bridgehead atoms. The third-order valence-corrected chi connectivity index (χ3v) is 5.77. The zero-order valence-corrected chi connectivity index (χ0v) is 20.3. The van der Waals surface area contributed by atoms with E-state index in [1.54, 1.807) is 19.4 Å². The summed E-state index contributed by atoms with van der Waals surface area (Å²) >= 11 is 6.50. The second kappa shape index (κ2) is 10.9. The summed E-state index contributed by atoms with van der Waals surface area (Å²) in [4.78, 5) is 13.1. The molecule has 180 valence electrons. The standard InChI is InChI=1S/C28H23ClN4O3/c1-34-22-11-8-19(9-12-22)16-35-26-7-4-6-24-27(26)28(32-18-31-24)33-20-10-13-25(23(29)15-20)36-17-21-5-2-3-14-30-21/h2-15,18H,16-17H2,1H3,(H,31,32,33). The normalized spacial score (nSPS) is 10.7. The molecule has 1 N–H and O–H groups in total. The minimum absolute atomic E-state index is 0.332. The van der Waals surface area contributed by atoms with Crippen LogP contribution in [0.1, 0.15) is 11.3 Å². The molecule has 8 heteroatoms. The van der Waals surface area contributed by atoms with E-state index in [0.717, 1.165) is 33.6 Å². The third-order valence-electron chi connectivity index (χ3n) is 5.47. The molecular formula is C28H23ClN4O3. The molecule has 0 atom stereocenters.